The minimum absolute atomic E-state index is 0.0764. The van der Waals surface area contributed by atoms with Gasteiger partial charge in [-0.05, 0) is 52.0 Å². The molecule has 0 saturated heterocycles. The van der Waals surface area contributed by atoms with Gasteiger partial charge < -0.3 is 20.5 Å². The zero-order valence-corrected chi connectivity index (χ0v) is 17.5. The minimum atomic E-state index is -0.802. The summed E-state index contributed by atoms with van der Waals surface area (Å²) in [6.45, 7) is 6.61. The normalized spacial score (nSPS) is 11.0. The van der Waals surface area contributed by atoms with Crippen LogP contribution < -0.4 is 16.5 Å². The number of nitrogens with two attached hydrogens (primary N) is 1. The molecule has 29 heavy (non-hydrogen) atoms. The number of carbonyl (C=O) groups excluding carboxylic acids is 3. The van der Waals surface area contributed by atoms with Gasteiger partial charge in [-0.3, -0.25) is 4.79 Å². The van der Waals surface area contributed by atoms with Crippen molar-refractivity contribution in [2.75, 3.05) is 23.6 Å². The molecule has 1 aromatic heterocycles. The fraction of sp³-hybridized carbons (Fsp3) is 0.316. The summed E-state index contributed by atoms with van der Waals surface area (Å²) in [6, 6.07) is 6.39. The Hall–Kier alpha value is -3.20. The Morgan fingerprint density at radius 2 is 1.69 bits per heavy atom. The van der Waals surface area contributed by atoms with E-state index in [9.17, 15) is 14.4 Å². The number of hydrogen-bond donors (Lipinski definition) is 3. The number of nitrogen functional groups attached to an aromatic ring is 1. The van der Waals surface area contributed by atoms with Crippen molar-refractivity contribution in [3.05, 3.63) is 46.1 Å². The van der Waals surface area contributed by atoms with Crippen molar-refractivity contribution in [3.63, 3.8) is 0 Å². The van der Waals surface area contributed by atoms with E-state index in [2.05, 4.69) is 10.7 Å². The lowest BCUT2D eigenvalue weighted by Gasteiger charge is -2.20. The van der Waals surface area contributed by atoms with E-state index in [4.69, 9.17) is 26.8 Å². The Balaban J connectivity index is 2.44. The van der Waals surface area contributed by atoms with Gasteiger partial charge >= 0.3 is 12.1 Å². The van der Waals surface area contributed by atoms with Crippen molar-refractivity contribution in [1.29, 1.82) is 0 Å². The molecule has 0 saturated carbocycles. The lowest BCUT2D eigenvalue weighted by atomic mass is 10.1. The van der Waals surface area contributed by atoms with Gasteiger partial charge in [0.2, 0.25) is 0 Å². The SMILES string of the molecule is COC(=O)c1c(C(=O)Nc2ccc(Cl)cc2)c(N)n(NC(=O)OC(C)(C)C)c1C. The van der Waals surface area contributed by atoms with Gasteiger partial charge in [0.25, 0.3) is 5.91 Å². The second-order valence-electron chi connectivity index (χ2n) is 7.12. The van der Waals surface area contributed by atoms with Gasteiger partial charge in [-0.2, -0.15) is 0 Å². The minimum Gasteiger partial charge on any atom is -0.465 e. The van der Waals surface area contributed by atoms with E-state index in [1.807, 2.05) is 0 Å². The maximum atomic E-state index is 12.9. The van der Waals surface area contributed by atoms with Crippen LogP contribution in [0.15, 0.2) is 24.3 Å². The molecule has 2 rings (SSSR count). The molecule has 0 aliphatic heterocycles. The highest BCUT2D eigenvalue weighted by Gasteiger charge is 2.30. The zero-order chi connectivity index (χ0) is 21.9. The Labute approximate surface area is 173 Å². The first kappa shape index (κ1) is 22.1. The van der Waals surface area contributed by atoms with Gasteiger partial charge in [0.15, 0.2) is 0 Å². The molecule has 0 unspecified atom stereocenters. The molecular formula is C19H23ClN4O5. The number of hydrogen-bond acceptors (Lipinski definition) is 6. The second kappa shape index (κ2) is 8.44. The summed E-state index contributed by atoms with van der Waals surface area (Å²) < 4.78 is 11.1. The fourth-order valence-corrected chi connectivity index (χ4v) is 2.68. The van der Waals surface area contributed by atoms with E-state index < -0.39 is 23.6 Å². The molecule has 0 spiro atoms. The molecule has 0 aliphatic rings. The van der Waals surface area contributed by atoms with Crippen molar-refractivity contribution < 1.29 is 23.9 Å². The molecule has 1 aromatic carbocycles. The standard InChI is InChI=1S/C19H23ClN4O5/c1-10-13(17(26)28-5)14(16(25)22-12-8-6-11(20)7-9-12)15(21)24(10)23-18(27)29-19(2,3)4/h6-9H,21H2,1-5H3,(H,22,25)(H,23,27). The van der Waals surface area contributed by atoms with Crippen LogP contribution in [0.2, 0.25) is 5.02 Å². The van der Waals surface area contributed by atoms with Crippen LogP contribution >= 0.6 is 11.6 Å². The molecule has 2 amide bonds. The number of carbonyl (C=O) groups is 3. The molecule has 0 fully saturated rings. The first-order valence-corrected chi connectivity index (χ1v) is 8.98. The highest BCUT2D eigenvalue weighted by atomic mass is 35.5. The number of rotatable bonds is 4. The number of halogens is 1. The van der Waals surface area contributed by atoms with E-state index in [1.165, 1.54) is 14.0 Å². The summed E-state index contributed by atoms with van der Waals surface area (Å²) in [5, 5.41) is 3.14. The maximum absolute atomic E-state index is 12.9. The third-order valence-electron chi connectivity index (χ3n) is 3.76. The lowest BCUT2D eigenvalue weighted by molar-refractivity contribution is 0.0587. The van der Waals surface area contributed by atoms with E-state index in [-0.39, 0.29) is 22.6 Å². The van der Waals surface area contributed by atoms with E-state index >= 15 is 0 Å². The summed E-state index contributed by atoms with van der Waals surface area (Å²) in [5.74, 6) is -1.58. The number of nitrogens with one attached hydrogen (secondary N) is 2. The van der Waals surface area contributed by atoms with Crippen LogP contribution in [0.4, 0.5) is 16.3 Å². The van der Waals surface area contributed by atoms with Crippen molar-refractivity contribution in [2.45, 2.75) is 33.3 Å². The van der Waals surface area contributed by atoms with Crippen molar-refractivity contribution in [1.82, 2.24) is 4.68 Å². The molecular weight excluding hydrogens is 400 g/mol. The van der Waals surface area contributed by atoms with Crippen LogP contribution in [0.1, 0.15) is 47.2 Å². The second-order valence-corrected chi connectivity index (χ2v) is 7.56. The molecule has 0 atom stereocenters. The predicted molar refractivity (Wildman–Crippen MR) is 110 cm³/mol. The first-order valence-electron chi connectivity index (χ1n) is 8.60. The Bertz CT molecular complexity index is 945. The van der Waals surface area contributed by atoms with Crippen molar-refractivity contribution in [3.8, 4) is 0 Å². The summed E-state index contributed by atoms with van der Waals surface area (Å²) >= 11 is 5.85. The van der Waals surface area contributed by atoms with Crippen LogP contribution in [0, 0.1) is 6.92 Å². The van der Waals surface area contributed by atoms with Gasteiger partial charge in [0.05, 0.1) is 23.9 Å². The van der Waals surface area contributed by atoms with E-state index in [1.54, 1.807) is 45.0 Å². The molecule has 156 valence electrons. The van der Waals surface area contributed by atoms with E-state index in [0.717, 1.165) is 4.68 Å². The van der Waals surface area contributed by atoms with Gasteiger partial charge in [-0.1, -0.05) is 11.6 Å². The van der Waals surface area contributed by atoms with Crippen molar-refractivity contribution >= 4 is 41.1 Å². The van der Waals surface area contributed by atoms with Gasteiger partial charge in [-0.25, -0.2) is 19.7 Å². The van der Waals surface area contributed by atoms with Gasteiger partial charge in [-0.15, -0.1) is 0 Å². The Kier molecular flexibility index (Phi) is 6.43. The number of methoxy groups -OCH3 is 1. The Morgan fingerprint density at radius 3 is 2.21 bits per heavy atom. The van der Waals surface area contributed by atoms with Crippen LogP contribution in [-0.2, 0) is 9.47 Å². The van der Waals surface area contributed by atoms with Crippen LogP contribution in [-0.4, -0.2) is 35.4 Å². The number of amides is 2. The maximum Gasteiger partial charge on any atom is 0.427 e. The number of aromatic nitrogens is 1. The largest absolute Gasteiger partial charge is 0.465 e. The average Bonchev–Trinajstić information content (AvgIpc) is 2.86. The quantitative estimate of drug-likeness (QED) is 0.647. The number of esters is 1. The fourth-order valence-electron chi connectivity index (χ4n) is 2.56. The molecule has 0 bridgehead atoms. The molecule has 0 aliphatic carbocycles. The number of benzene rings is 1. The summed E-state index contributed by atoms with van der Waals surface area (Å²) in [6.07, 6.45) is -0.802. The third-order valence-corrected chi connectivity index (χ3v) is 4.02. The number of ether oxygens (including phenoxy) is 2. The molecule has 2 aromatic rings. The summed E-state index contributed by atoms with van der Waals surface area (Å²) in [7, 11) is 1.18. The molecule has 9 nitrogen and oxygen atoms in total. The number of anilines is 2. The van der Waals surface area contributed by atoms with Crippen LogP contribution in [0.5, 0.6) is 0 Å². The van der Waals surface area contributed by atoms with E-state index in [0.29, 0.717) is 10.7 Å². The summed E-state index contributed by atoms with van der Waals surface area (Å²) in [5.41, 5.74) is 8.21. The molecule has 4 N–H and O–H groups in total. The smallest absolute Gasteiger partial charge is 0.427 e. The summed E-state index contributed by atoms with van der Waals surface area (Å²) in [4.78, 5) is 37.3. The number of nitrogens with zero attached hydrogens (tertiary/aromatic N) is 1. The van der Waals surface area contributed by atoms with Crippen LogP contribution in [0.3, 0.4) is 0 Å². The lowest BCUT2D eigenvalue weighted by Crippen LogP contribution is -2.32. The molecule has 10 heteroatoms. The average molecular weight is 423 g/mol. The highest BCUT2D eigenvalue weighted by molar-refractivity contribution is 6.30. The predicted octanol–water partition coefficient (Wildman–Crippen LogP) is 3.55. The zero-order valence-electron chi connectivity index (χ0n) is 16.8. The monoisotopic (exact) mass is 422 g/mol. The van der Waals surface area contributed by atoms with Crippen molar-refractivity contribution in [2.24, 2.45) is 0 Å². The molecule has 1 heterocycles. The van der Waals surface area contributed by atoms with Crippen LogP contribution in [0.25, 0.3) is 0 Å². The highest BCUT2D eigenvalue weighted by Crippen LogP contribution is 2.26. The third kappa shape index (κ3) is 5.20. The van der Waals surface area contributed by atoms with Gasteiger partial charge in [0, 0.05) is 10.7 Å². The molecule has 0 radical (unpaired) electrons. The Morgan fingerprint density at radius 1 is 1.10 bits per heavy atom. The topological polar surface area (TPSA) is 125 Å². The van der Waals surface area contributed by atoms with Gasteiger partial charge in [0.1, 0.15) is 11.4 Å². The first-order chi connectivity index (χ1) is 13.4.